The maximum Gasteiger partial charge on any atom is 0.00472 e. The van der Waals surface area contributed by atoms with E-state index in [0.717, 1.165) is 11.8 Å². The average molecular weight is 266 g/mol. The van der Waals surface area contributed by atoms with Crippen LogP contribution in [-0.2, 0) is 0 Å². The van der Waals surface area contributed by atoms with Crippen LogP contribution in [0.15, 0.2) is 0 Å². The average Bonchev–Trinajstić information content (AvgIpc) is 3.14. The zero-order valence-electron chi connectivity index (χ0n) is 13.5. The molecule has 0 spiro atoms. The summed E-state index contributed by atoms with van der Waals surface area (Å²) in [5.41, 5.74) is 0.542. The number of nitrogens with zero attached hydrogens (tertiary/aromatic N) is 1. The summed E-state index contributed by atoms with van der Waals surface area (Å²) in [5, 5.41) is 3.72. The van der Waals surface area contributed by atoms with Crippen molar-refractivity contribution >= 4 is 0 Å². The number of hydrogen-bond acceptors (Lipinski definition) is 2. The molecule has 0 amide bonds. The predicted molar refractivity (Wildman–Crippen MR) is 83.4 cm³/mol. The number of rotatable bonds is 7. The summed E-state index contributed by atoms with van der Waals surface area (Å²) in [4.78, 5) is 2.62. The van der Waals surface area contributed by atoms with E-state index in [9.17, 15) is 0 Å². The molecule has 0 aromatic carbocycles. The quantitative estimate of drug-likeness (QED) is 0.758. The molecule has 2 fully saturated rings. The van der Waals surface area contributed by atoms with Gasteiger partial charge in [0.2, 0.25) is 0 Å². The van der Waals surface area contributed by atoms with E-state index in [1.165, 1.54) is 58.2 Å². The summed E-state index contributed by atoms with van der Waals surface area (Å²) in [6.45, 7) is 10.8. The van der Waals surface area contributed by atoms with Crippen LogP contribution in [0.4, 0.5) is 0 Å². The molecular formula is C17H34N2. The molecule has 0 unspecified atom stereocenters. The molecule has 0 aromatic heterocycles. The van der Waals surface area contributed by atoms with Crippen molar-refractivity contribution in [3.63, 3.8) is 0 Å². The van der Waals surface area contributed by atoms with Crippen LogP contribution < -0.4 is 5.32 Å². The lowest BCUT2D eigenvalue weighted by atomic mass is 9.70. The van der Waals surface area contributed by atoms with Gasteiger partial charge in [0.1, 0.15) is 0 Å². The molecule has 2 nitrogen and oxygen atoms in total. The normalized spacial score (nSPS) is 32.2. The third-order valence-electron chi connectivity index (χ3n) is 5.09. The summed E-state index contributed by atoms with van der Waals surface area (Å²) in [6, 6.07) is 0.616. The predicted octanol–water partition coefficient (Wildman–Crippen LogP) is 3.52. The van der Waals surface area contributed by atoms with Crippen molar-refractivity contribution in [2.45, 2.75) is 65.3 Å². The van der Waals surface area contributed by atoms with Gasteiger partial charge in [0.15, 0.2) is 0 Å². The lowest BCUT2D eigenvalue weighted by Gasteiger charge is -2.42. The molecule has 0 aliphatic heterocycles. The topological polar surface area (TPSA) is 15.3 Å². The smallest absolute Gasteiger partial charge is 0.00472 e. The first-order chi connectivity index (χ1) is 8.99. The van der Waals surface area contributed by atoms with E-state index >= 15 is 0 Å². The maximum atomic E-state index is 3.72. The minimum absolute atomic E-state index is 0.542. The summed E-state index contributed by atoms with van der Waals surface area (Å²) >= 11 is 0. The standard InChI is InChI=1S/C17H34N2/c1-14(2)18-12-17(9-7-15(3)8-10-17)13-19(4)11-16-5-6-16/h14-16,18H,5-13H2,1-4H3. The second-order valence-corrected chi connectivity index (χ2v) is 7.86. The van der Waals surface area contributed by atoms with Gasteiger partial charge in [-0.05, 0) is 50.0 Å². The van der Waals surface area contributed by atoms with Crippen molar-refractivity contribution in [3.8, 4) is 0 Å². The van der Waals surface area contributed by atoms with Crippen molar-refractivity contribution in [1.82, 2.24) is 10.2 Å². The highest BCUT2D eigenvalue weighted by atomic mass is 15.1. The zero-order chi connectivity index (χ0) is 13.9. The van der Waals surface area contributed by atoms with Crippen LogP contribution in [0.25, 0.3) is 0 Å². The molecule has 0 radical (unpaired) electrons. The molecular weight excluding hydrogens is 232 g/mol. The van der Waals surface area contributed by atoms with Crippen molar-refractivity contribution < 1.29 is 0 Å². The van der Waals surface area contributed by atoms with Gasteiger partial charge in [-0.2, -0.15) is 0 Å². The first kappa shape index (κ1) is 15.3. The highest BCUT2D eigenvalue weighted by molar-refractivity contribution is 4.90. The van der Waals surface area contributed by atoms with Crippen molar-refractivity contribution in [2.75, 3.05) is 26.7 Å². The fourth-order valence-electron chi connectivity index (χ4n) is 3.56. The Morgan fingerprint density at radius 1 is 1.16 bits per heavy atom. The molecule has 19 heavy (non-hydrogen) atoms. The number of nitrogens with one attached hydrogen (secondary N) is 1. The van der Waals surface area contributed by atoms with Crippen LogP contribution in [0.3, 0.4) is 0 Å². The molecule has 0 saturated heterocycles. The van der Waals surface area contributed by atoms with E-state index in [1.54, 1.807) is 0 Å². The Morgan fingerprint density at radius 3 is 2.32 bits per heavy atom. The minimum atomic E-state index is 0.542. The molecule has 1 N–H and O–H groups in total. The van der Waals surface area contributed by atoms with Gasteiger partial charge in [0, 0.05) is 25.7 Å². The van der Waals surface area contributed by atoms with Crippen LogP contribution in [0.1, 0.15) is 59.3 Å². The molecule has 2 rings (SSSR count). The molecule has 2 aliphatic carbocycles. The van der Waals surface area contributed by atoms with Gasteiger partial charge in [-0.15, -0.1) is 0 Å². The summed E-state index contributed by atoms with van der Waals surface area (Å²) in [7, 11) is 2.34. The Morgan fingerprint density at radius 2 is 1.79 bits per heavy atom. The fourth-order valence-corrected chi connectivity index (χ4v) is 3.56. The second-order valence-electron chi connectivity index (χ2n) is 7.86. The van der Waals surface area contributed by atoms with Gasteiger partial charge in [0.05, 0.1) is 0 Å². The van der Waals surface area contributed by atoms with E-state index in [1.807, 2.05) is 0 Å². The summed E-state index contributed by atoms with van der Waals surface area (Å²) < 4.78 is 0. The van der Waals surface area contributed by atoms with Crippen LogP contribution in [-0.4, -0.2) is 37.6 Å². The maximum absolute atomic E-state index is 3.72. The van der Waals surface area contributed by atoms with Gasteiger partial charge in [-0.25, -0.2) is 0 Å². The van der Waals surface area contributed by atoms with Crippen LogP contribution in [0, 0.1) is 17.3 Å². The Balaban J connectivity index is 1.88. The van der Waals surface area contributed by atoms with Crippen molar-refractivity contribution in [2.24, 2.45) is 17.3 Å². The summed E-state index contributed by atoms with van der Waals surface area (Å²) in [5.74, 6) is 1.96. The van der Waals surface area contributed by atoms with E-state index in [0.29, 0.717) is 11.5 Å². The monoisotopic (exact) mass is 266 g/mol. The Labute approximate surface area is 120 Å². The molecule has 2 heteroatoms. The molecule has 0 bridgehead atoms. The minimum Gasteiger partial charge on any atom is -0.314 e. The van der Waals surface area contributed by atoms with Gasteiger partial charge in [0.25, 0.3) is 0 Å². The first-order valence-corrected chi connectivity index (χ1v) is 8.41. The molecule has 0 heterocycles. The molecule has 112 valence electrons. The van der Waals surface area contributed by atoms with Crippen molar-refractivity contribution in [1.29, 1.82) is 0 Å². The Hall–Kier alpha value is -0.0800. The SMILES string of the molecule is CC1CCC(CNC(C)C)(CN(C)CC2CC2)CC1. The first-order valence-electron chi connectivity index (χ1n) is 8.41. The van der Waals surface area contributed by atoms with E-state index in [4.69, 9.17) is 0 Å². The molecule has 2 saturated carbocycles. The van der Waals surface area contributed by atoms with Gasteiger partial charge in [-0.1, -0.05) is 33.6 Å². The zero-order valence-corrected chi connectivity index (χ0v) is 13.5. The van der Waals surface area contributed by atoms with Crippen LogP contribution >= 0.6 is 0 Å². The largest absolute Gasteiger partial charge is 0.314 e. The number of hydrogen-bond donors (Lipinski definition) is 1. The fraction of sp³-hybridized carbons (Fsp3) is 1.00. The lowest BCUT2D eigenvalue weighted by molar-refractivity contribution is 0.0947. The van der Waals surface area contributed by atoms with Gasteiger partial charge < -0.3 is 10.2 Å². The summed E-state index contributed by atoms with van der Waals surface area (Å²) in [6.07, 6.45) is 8.64. The van der Waals surface area contributed by atoms with E-state index in [2.05, 4.69) is 38.0 Å². The highest BCUT2D eigenvalue weighted by Crippen LogP contribution is 2.40. The van der Waals surface area contributed by atoms with Crippen molar-refractivity contribution in [3.05, 3.63) is 0 Å². The van der Waals surface area contributed by atoms with Gasteiger partial charge >= 0.3 is 0 Å². The van der Waals surface area contributed by atoms with Gasteiger partial charge in [-0.3, -0.25) is 0 Å². The third-order valence-corrected chi connectivity index (χ3v) is 5.09. The molecule has 0 aromatic rings. The van der Waals surface area contributed by atoms with E-state index < -0.39 is 0 Å². The van der Waals surface area contributed by atoms with E-state index in [-0.39, 0.29) is 0 Å². The highest BCUT2D eigenvalue weighted by Gasteiger charge is 2.36. The molecule has 0 atom stereocenters. The van der Waals surface area contributed by atoms with Crippen LogP contribution in [0.2, 0.25) is 0 Å². The third kappa shape index (κ3) is 5.07. The Kier molecular flexibility index (Phi) is 5.30. The lowest BCUT2D eigenvalue weighted by Crippen LogP contribution is -2.47. The second kappa shape index (κ2) is 6.58. The van der Waals surface area contributed by atoms with Crippen LogP contribution in [0.5, 0.6) is 0 Å². The molecule has 2 aliphatic rings. The Bertz CT molecular complexity index is 262.